The summed E-state index contributed by atoms with van der Waals surface area (Å²) in [6.45, 7) is 0.0546. The molecule has 19 N–H and O–H groups in total. The summed E-state index contributed by atoms with van der Waals surface area (Å²) < 4.78 is 17.9. The van der Waals surface area contributed by atoms with Gasteiger partial charge in [0.25, 0.3) is 5.91 Å². The Morgan fingerprint density at radius 2 is 1.67 bits per heavy atom. The van der Waals surface area contributed by atoms with Crippen LogP contribution in [0.4, 0.5) is 0 Å². The Hall–Kier alpha value is -1.17. The van der Waals surface area contributed by atoms with Gasteiger partial charge >= 0.3 is 0 Å². The van der Waals surface area contributed by atoms with Crippen molar-refractivity contribution < 1.29 is 54.8 Å². The van der Waals surface area contributed by atoms with E-state index in [1.54, 1.807) is 0 Å². The van der Waals surface area contributed by atoms with E-state index in [0.29, 0.717) is 13.0 Å². The van der Waals surface area contributed by atoms with Gasteiger partial charge in [0.1, 0.15) is 30.0 Å². The van der Waals surface area contributed by atoms with Crippen molar-refractivity contribution in [3.63, 3.8) is 0 Å². The number of ether oxygens (including phenoxy) is 3. The monoisotopic (exact) mass is 651 g/mol. The molecule has 45 heavy (non-hydrogen) atoms. The standard InChI is InChI=1S/C27H53N7O11/c28-2-1-11(36)7-33-8-16-15(37)4-13(31)23(43-16)18-12(30)3-14(34-26(41)27(42)5-10(29)6-27)24(21(18)39)45-25-22(40)19(32)20(38)17(9-35)44-25/h10-25,33,35-40,42H,1-9,28-32H2,(H,34,41)/t10?,11?,12-,13+,14+,15-,16+,17+,18?,19-,20+,21-,22+,23-,24-,25+,27?/m0/s1. The fourth-order valence-corrected chi connectivity index (χ4v) is 6.93. The van der Waals surface area contributed by atoms with Gasteiger partial charge < -0.3 is 89.3 Å². The van der Waals surface area contributed by atoms with E-state index in [1.165, 1.54) is 0 Å². The average Bonchev–Trinajstić information content (AvgIpc) is 2.96. The van der Waals surface area contributed by atoms with Crippen LogP contribution in [-0.4, -0.2) is 165 Å². The summed E-state index contributed by atoms with van der Waals surface area (Å²) in [5.74, 6) is -1.63. The van der Waals surface area contributed by atoms with Gasteiger partial charge in [-0.2, -0.15) is 0 Å². The number of carbonyl (C=O) groups excluding carboxylic acids is 1. The minimum absolute atomic E-state index is 0.0184. The Kier molecular flexibility index (Phi) is 12.5. The van der Waals surface area contributed by atoms with Crippen molar-refractivity contribution in [3.05, 3.63) is 0 Å². The predicted molar refractivity (Wildman–Crippen MR) is 157 cm³/mol. The molecular weight excluding hydrogens is 598 g/mol. The summed E-state index contributed by atoms with van der Waals surface area (Å²) in [5.41, 5.74) is 28.5. The molecule has 2 unspecified atom stereocenters. The lowest BCUT2D eigenvalue weighted by molar-refractivity contribution is -0.306. The third-order valence-corrected chi connectivity index (χ3v) is 9.62. The summed E-state index contributed by atoms with van der Waals surface area (Å²) in [7, 11) is 0. The van der Waals surface area contributed by atoms with E-state index >= 15 is 0 Å². The van der Waals surface area contributed by atoms with E-state index in [2.05, 4.69) is 10.6 Å². The van der Waals surface area contributed by atoms with E-state index in [9.17, 15) is 40.5 Å². The van der Waals surface area contributed by atoms with Crippen molar-refractivity contribution in [3.8, 4) is 0 Å². The second kappa shape index (κ2) is 15.4. The summed E-state index contributed by atoms with van der Waals surface area (Å²) >= 11 is 0. The minimum Gasteiger partial charge on any atom is -0.394 e. The number of hydrogen-bond donors (Lipinski definition) is 14. The van der Waals surface area contributed by atoms with Crippen LogP contribution >= 0.6 is 0 Å². The Bertz CT molecular complexity index is 966. The average molecular weight is 652 g/mol. The van der Waals surface area contributed by atoms with Gasteiger partial charge in [-0.25, -0.2) is 0 Å². The molecule has 18 heteroatoms. The lowest BCUT2D eigenvalue weighted by Gasteiger charge is -2.52. The van der Waals surface area contributed by atoms with Crippen LogP contribution in [0.3, 0.4) is 0 Å². The first-order valence-electron chi connectivity index (χ1n) is 15.6. The minimum atomic E-state index is -1.71. The molecule has 18 nitrogen and oxygen atoms in total. The maximum Gasteiger partial charge on any atom is 0.252 e. The van der Waals surface area contributed by atoms with Gasteiger partial charge in [-0.05, 0) is 25.8 Å². The second-order valence-electron chi connectivity index (χ2n) is 13.1. The van der Waals surface area contributed by atoms with Gasteiger partial charge in [0.15, 0.2) is 6.29 Å². The van der Waals surface area contributed by atoms with Crippen LogP contribution in [0.5, 0.6) is 0 Å². The van der Waals surface area contributed by atoms with E-state index < -0.39 is 109 Å². The molecule has 0 aromatic rings. The number of hydrogen-bond acceptors (Lipinski definition) is 17. The van der Waals surface area contributed by atoms with Crippen LogP contribution in [0.25, 0.3) is 0 Å². The summed E-state index contributed by atoms with van der Waals surface area (Å²) in [6.07, 6.45) is -11.2. The van der Waals surface area contributed by atoms with Gasteiger partial charge in [-0.15, -0.1) is 0 Å². The van der Waals surface area contributed by atoms with E-state index in [4.69, 9.17) is 42.9 Å². The third-order valence-electron chi connectivity index (χ3n) is 9.62. The zero-order chi connectivity index (χ0) is 33.2. The lowest BCUT2D eigenvalue weighted by atomic mass is 9.71. The Balaban J connectivity index is 1.54. The van der Waals surface area contributed by atoms with Crippen molar-refractivity contribution in [1.29, 1.82) is 0 Å². The van der Waals surface area contributed by atoms with Gasteiger partial charge in [0, 0.05) is 50.0 Å². The SMILES string of the molecule is NCCC(O)CNC[C@H]1O[C@H](C2[C@@H](N)C[C@@H](NC(=O)C3(O)CC(N)C3)[C@H](O[C@H]3O[C@H](CO)[C@@H](O)[C@H](N)[C@H]3O)[C@H]2O)[C@H](N)C[C@@H]1O. The van der Waals surface area contributed by atoms with Gasteiger partial charge in [-0.1, -0.05) is 0 Å². The quantitative estimate of drug-likeness (QED) is 0.0931. The maximum atomic E-state index is 13.1. The Labute approximate surface area is 261 Å². The molecule has 15 atom stereocenters. The number of amides is 1. The molecule has 0 bridgehead atoms. The Morgan fingerprint density at radius 1 is 0.978 bits per heavy atom. The Morgan fingerprint density at radius 3 is 2.29 bits per heavy atom. The summed E-state index contributed by atoms with van der Waals surface area (Å²) in [4.78, 5) is 13.1. The van der Waals surface area contributed by atoms with Crippen molar-refractivity contribution in [2.24, 2.45) is 34.6 Å². The highest BCUT2D eigenvalue weighted by Crippen LogP contribution is 2.38. The van der Waals surface area contributed by atoms with Crippen molar-refractivity contribution in [2.75, 3.05) is 26.2 Å². The zero-order valence-electron chi connectivity index (χ0n) is 25.3. The molecule has 4 fully saturated rings. The number of carbonyl (C=O) groups is 1. The highest BCUT2D eigenvalue weighted by molar-refractivity contribution is 5.86. The maximum absolute atomic E-state index is 13.1. The highest BCUT2D eigenvalue weighted by atomic mass is 16.7. The molecule has 2 aliphatic carbocycles. The lowest BCUT2D eigenvalue weighted by Crippen LogP contribution is -2.71. The van der Waals surface area contributed by atoms with Crippen LogP contribution in [-0.2, 0) is 19.0 Å². The predicted octanol–water partition coefficient (Wildman–Crippen LogP) is -7.67. The van der Waals surface area contributed by atoms with E-state index in [-0.39, 0.29) is 44.8 Å². The zero-order valence-corrected chi connectivity index (χ0v) is 25.3. The molecule has 4 aliphatic rings. The summed E-state index contributed by atoms with van der Waals surface area (Å²) in [5, 5.41) is 79.7. The molecule has 262 valence electrons. The first-order chi connectivity index (χ1) is 21.2. The van der Waals surface area contributed by atoms with Crippen molar-refractivity contribution in [1.82, 2.24) is 10.6 Å². The smallest absolute Gasteiger partial charge is 0.252 e. The van der Waals surface area contributed by atoms with Gasteiger partial charge in [0.2, 0.25) is 0 Å². The molecule has 0 aromatic heterocycles. The van der Waals surface area contributed by atoms with Crippen LogP contribution in [0.1, 0.15) is 32.1 Å². The number of aliphatic hydroxyl groups excluding tert-OH is 6. The molecule has 2 saturated heterocycles. The topological polar surface area (TPSA) is 341 Å². The van der Waals surface area contributed by atoms with Crippen LogP contribution in [0.2, 0.25) is 0 Å². The number of aliphatic hydroxyl groups is 7. The third kappa shape index (κ3) is 8.11. The molecule has 2 aliphatic heterocycles. The molecule has 2 saturated carbocycles. The van der Waals surface area contributed by atoms with Crippen molar-refractivity contribution in [2.45, 2.75) is 129 Å². The van der Waals surface area contributed by atoms with Gasteiger partial charge in [-0.3, -0.25) is 4.79 Å². The molecule has 4 rings (SSSR count). The number of nitrogens with two attached hydrogens (primary N) is 5. The first kappa shape index (κ1) is 36.7. The fraction of sp³-hybridized carbons (Fsp3) is 0.963. The number of nitrogens with one attached hydrogen (secondary N) is 2. The van der Waals surface area contributed by atoms with E-state index in [0.717, 1.165) is 0 Å². The normalized spacial score (nSPS) is 48.0. The fourth-order valence-electron chi connectivity index (χ4n) is 6.93. The first-order valence-corrected chi connectivity index (χ1v) is 15.6. The molecule has 2 heterocycles. The van der Waals surface area contributed by atoms with Crippen LogP contribution in [0, 0.1) is 5.92 Å². The molecular formula is C27H53N7O11. The molecule has 0 spiro atoms. The van der Waals surface area contributed by atoms with Crippen LogP contribution < -0.4 is 39.3 Å². The molecule has 1 amide bonds. The van der Waals surface area contributed by atoms with Crippen LogP contribution in [0.15, 0.2) is 0 Å². The number of rotatable bonds is 12. The highest BCUT2D eigenvalue weighted by Gasteiger charge is 2.55. The summed E-state index contributed by atoms with van der Waals surface area (Å²) in [6, 6.07) is -4.19. The molecule has 0 radical (unpaired) electrons. The second-order valence-corrected chi connectivity index (χ2v) is 13.1. The van der Waals surface area contributed by atoms with Crippen molar-refractivity contribution >= 4 is 5.91 Å². The van der Waals surface area contributed by atoms with Gasteiger partial charge in [0.05, 0.1) is 49.2 Å². The largest absolute Gasteiger partial charge is 0.394 e. The van der Waals surface area contributed by atoms with E-state index in [1.807, 2.05) is 0 Å². The molecule has 0 aromatic carbocycles.